The van der Waals surface area contributed by atoms with E-state index in [0.29, 0.717) is 18.7 Å². The second-order valence-corrected chi connectivity index (χ2v) is 6.13. The molecule has 0 spiro atoms. The van der Waals surface area contributed by atoms with Crippen LogP contribution in [0.25, 0.3) is 0 Å². The number of rotatable bonds is 6. The van der Waals surface area contributed by atoms with Crippen LogP contribution in [-0.2, 0) is 16.4 Å². The predicted molar refractivity (Wildman–Crippen MR) is 65.9 cm³/mol. The highest BCUT2D eigenvalue weighted by molar-refractivity contribution is 7.91. The molecule has 1 aromatic heterocycles. The van der Waals surface area contributed by atoms with Crippen LogP contribution in [0.3, 0.4) is 0 Å². The van der Waals surface area contributed by atoms with Crippen LogP contribution < -0.4 is 5.73 Å². The predicted octanol–water partition coefficient (Wildman–Crippen LogP) is 0.407. The van der Waals surface area contributed by atoms with Crippen LogP contribution in [-0.4, -0.2) is 35.5 Å². The van der Waals surface area contributed by atoms with Gasteiger partial charge in [0.05, 0.1) is 11.4 Å². The lowest BCUT2D eigenvalue weighted by atomic mass is 10.4. The maximum absolute atomic E-state index is 11.3. The van der Waals surface area contributed by atoms with Crippen molar-refractivity contribution in [3.8, 4) is 0 Å². The summed E-state index contributed by atoms with van der Waals surface area (Å²) in [7, 11) is -2.94. The van der Waals surface area contributed by atoms with Gasteiger partial charge >= 0.3 is 0 Å². The Morgan fingerprint density at radius 2 is 2.29 bits per heavy atom. The summed E-state index contributed by atoms with van der Waals surface area (Å²) < 4.78 is 24.4. The molecule has 6 nitrogen and oxygen atoms in total. The van der Waals surface area contributed by atoms with E-state index in [2.05, 4.69) is 5.16 Å². The third kappa shape index (κ3) is 3.77. The van der Waals surface area contributed by atoms with E-state index >= 15 is 0 Å². The molecule has 0 aliphatic rings. The molecule has 0 aliphatic heterocycles. The summed E-state index contributed by atoms with van der Waals surface area (Å²) in [6, 6.07) is 3.48. The van der Waals surface area contributed by atoms with Gasteiger partial charge in [0.25, 0.3) is 0 Å². The van der Waals surface area contributed by atoms with Crippen molar-refractivity contribution in [3.05, 3.63) is 24.0 Å². The first-order chi connectivity index (χ1) is 8.00. The second kappa shape index (κ2) is 5.72. The maximum Gasteiger partial charge on any atom is 0.186 e. The van der Waals surface area contributed by atoms with Crippen molar-refractivity contribution in [1.82, 2.24) is 4.57 Å². The lowest BCUT2D eigenvalue weighted by Gasteiger charge is -2.07. The Kier molecular flexibility index (Phi) is 4.56. The monoisotopic (exact) mass is 259 g/mol. The SMILES string of the molecule is CCS(=O)(=O)CCCn1cccc1/C(N)=N/O. The standard InChI is InChI=1S/C10H17N3O3S/c1-2-17(15,16)8-4-7-13-6-3-5-9(13)10(11)12-14/h3,5-6,14H,2,4,7-8H2,1H3,(H2,11,12). The summed E-state index contributed by atoms with van der Waals surface area (Å²) in [6.45, 7) is 2.16. The number of aromatic nitrogens is 1. The van der Waals surface area contributed by atoms with Crippen molar-refractivity contribution in [1.29, 1.82) is 0 Å². The van der Waals surface area contributed by atoms with Crippen molar-refractivity contribution in [2.75, 3.05) is 11.5 Å². The van der Waals surface area contributed by atoms with Crippen molar-refractivity contribution < 1.29 is 13.6 Å². The Labute approximate surface area is 101 Å². The number of oxime groups is 1. The van der Waals surface area contributed by atoms with Gasteiger partial charge in [0, 0.05) is 18.5 Å². The number of hydrogen-bond acceptors (Lipinski definition) is 4. The number of nitrogens with two attached hydrogens (primary N) is 1. The van der Waals surface area contributed by atoms with Crippen LogP contribution in [0.5, 0.6) is 0 Å². The molecule has 0 amide bonds. The lowest BCUT2D eigenvalue weighted by molar-refractivity contribution is 0.318. The molecule has 0 saturated carbocycles. The maximum atomic E-state index is 11.3. The van der Waals surface area contributed by atoms with Gasteiger partial charge in [-0.3, -0.25) is 0 Å². The summed E-state index contributed by atoms with van der Waals surface area (Å²) in [5, 5.41) is 11.5. The average molecular weight is 259 g/mol. The molecule has 0 bridgehead atoms. The lowest BCUT2D eigenvalue weighted by Crippen LogP contribution is -2.19. The molecule has 1 heterocycles. The molecule has 3 N–H and O–H groups in total. The van der Waals surface area contributed by atoms with Gasteiger partial charge in [0.1, 0.15) is 9.84 Å². The molecule has 1 aromatic rings. The summed E-state index contributed by atoms with van der Waals surface area (Å²) in [6.07, 6.45) is 2.28. The fourth-order valence-electron chi connectivity index (χ4n) is 1.49. The smallest absolute Gasteiger partial charge is 0.186 e. The number of hydrogen-bond donors (Lipinski definition) is 2. The van der Waals surface area contributed by atoms with Crippen molar-refractivity contribution in [2.24, 2.45) is 10.9 Å². The minimum absolute atomic E-state index is 0.0216. The molecule has 0 aliphatic carbocycles. The van der Waals surface area contributed by atoms with Gasteiger partial charge in [-0.15, -0.1) is 0 Å². The van der Waals surface area contributed by atoms with Gasteiger partial charge in [-0.2, -0.15) is 0 Å². The third-order valence-electron chi connectivity index (χ3n) is 2.49. The molecule has 0 atom stereocenters. The highest BCUT2D eigenvalue weighted by Gasteiger charge is 2.09. The zero-order chi connectivity index (χ0) is 12.9. The van der Waals surface area contributed by atoms with Crippen molar-refractivity contribution >= 4 is 15.7 Å². The summed E-state index contributed by atoms with van der Waals surface area (Å²) in [5.41, 5.74) is 6.07. The third-order valence-corrected chi connectivity index (χ3v) is 4.28. The Balaban J connectivity index is 2.62. The van der Waals surface area contributed by atoms with Gasteiger partial charge in [0.2, 0.25) is 0 Å². The normalized spacial score (nSPS) is 12.9. The largest absolute Gasteiger partial charge is 0.409 e. The molecule has 1 rings (SSSR count). The van der Waals surface area contributed by atoms with Gasteiger partial charge in [-0.25, -0.2) is 8.42 Å². The summed E-state index contributed by atoms with van der Waals surface area (Å²) in [4.78, 5) is 0. The highest BCUT2D eigenvalue weighted by atomic mass is 32.2. The van der Waals surface area contributed by atoms with E-state index in [1.807, 2.05) is 0 Å². The molecule has 7 heteroatoms. The van der Waals surface area contributed by atoms with E-state index in [1.165, 1.54) is 0 Å². The van der Waals surface area contributed by atoms with Crippen LogP contribution in [0.4, 0.5) is 0 Å². The molecule has 0 aromatic carbocycles. The number of amidine groups is 1. The minimum Gasteiger partial charge on any atom is -0.409 e. The van der Waals surface area contributed by atoms with Crippen LogP contribution >= 0.6 is 0 Å². The van der Waals surface area contributed by atoms with E-state index < -0.39 is 9.84 Å². The fraction of sp³-hybridized carbons (Fsp3) is 0.500. The Hall–Kier alpha value is -1.50. The summed E-state index contributed by atoms with van der Waals surface area (Å²) in [5.74, 6) is 0.330. The van der Waals surface area contributed by atoms with Crippen LogP contribution in [0.2, 0.25) is 0 Å². The van der Waals surface area contributed by atoms with Crippen molar-refractivity contribution in [3.63, 3.8) is 0 Å². The zero-order valence-corrected chi connectivity index (χ0v) is 10.5. The van der Waals surface area contributed by atoms with E-state index in [1.54, 1.807) is 29.8 Å². The number of nitrogens with zero attached hydrogens (tertiary/aromatic N) is 2. The first-order valence-corrected chi connectivity index (χ1v) is 7.15. The van der Waals surface area contributed by atoms with Gasteiger partial charge in [-0.05, 0) is 18.6 Å². The molecule has 0 unspecified atom stereocenters. The molecule has 96 valence electrons. The number of aryl methyl sites for hydroxylation is 1. The van der Waals surface area contributed by atoms with E-state index in [9.17, 15) is 8.42 Å². The molecule has 0 radical (unpaired) electrons. The van der Waals surface area contributed by atoms with E-state index in [0.717, 1.165) is 0 Å². The number of sulfone groups is 1. The highest BCUT2D eigenvalue weighted by Crippen LogP contribution is 2.04. The van der Waals surface area contributed by atoms with Gasteiger partial charge in [-0.1, -0.05) is 12.1 Å². The fourth-order valence-corrected chi connectivity index (χ4v) is 2.35. The molecular weight excluding hydrogens is 242 g/mol. The summed E-state index contributed by atoms with van der Waals surface area (Å²) >= 11 is 0. The quantitative estimate of drug-likeness (QED) is 0.334. The first-order valence-electron chi connectivity index (χ1n) is 5.33. The average Bonchev–Trinajstić information content (AvgIpc) is 2.76. The van der Waals surface area contributed by atoms with Crippen LogP contribution in [0.1, 0.15) is 19.0 Å². The van der Waals surface area contributed by atoms with E-state index in [-0.39, 0.29) is 17.3 Å². The Morgan fingerprint density at radius 3 is 2.88 bits per heavy atom. The zero-order valence-electron chi connectivity index (χ0n) is 9.70. The minimum atomic E-state index is -2.94. The molecule has 0 saturated heterocycles. The van der Waals surface area contributed by atoms with Gasteiger partial charge in [0.15, 0.2) is 5.84 Å². The Morgan fingerprint density at radius 1 is 1.59 bits per heavy atom. The molecule has 17 heavy (non-hydrogen) atoms. The van der Waals surface area contributed by atoms with Crippen LogP contribution in [0.15, 0.2) is 23.5 Å². The van der Waals surface area contributed by atoms with Crippen molar-refractivity contribution in [2.45, 2.75) is 19.9 Å². The topological polar surface area (TPSA) is 97.7 Å². The van der Waals surface area contributed by atoms with Gasteiger partial charge < -0.3 is 15.5 Å². The van der Waals surface area contributed by atoms with Crippen LogP contribution in [0, 0.1) is 0 Å². The Bertz CT molecular complexity index is 491. The molecular formula is C10H17N3O3S. The first kappa shape index (κ1) is 13.6. The second-order valence-electron chi connectivity index (χ2n) is 3.66. The molecule has 0 fully saturated rings. The van der Waals surface area contributed by atoms with E-state index in [4.69, 9.17) is 10.9 Å².